The number of aromatic carboxylic acids is 1. The normalized spacial score (nSPS) is 10.6. The van der Waals surface area contributed by atoms with Crippen LogP contribution in [0.15, 0.2) is 42.5 Å². The number of hydrogen-bond acceptors (Lipinski definition) is 5. The maximum Gasteiger partial charge on any atom is 0.335 e. The van der Waals surface area contributed by atoms with Gasteiger partial charge in [-0.1, -0.05) is 17.4 Å². The Bertz CT molecular complexity index is 798. The van der Waals surface area contributed by atoms with Gasteiger partial charge in [-0.25, -0.2) is 9.78 Å². The van der Waals surface area contributed by atoms with Crippen molar-refractivity contribution in [3.63, 3.8) is 0 Å². The van der Waals surface area contributed by atoms with Crippen LogP contribution in [-0.4, -0.2) is 16.1 Å². The summed E-state index contributed by atoms with van der Waals surface area (Å²) in [4.78, 5) is 15.4. The first kappa shape index (κ1) is 12.4. The van der Waals surface area contributed by atoms with E-state index < -0.39 is 5.97 Å². The number of aromatic nitrogens is 1. The fraction of sp³-hybridized carbons (Fsp3) is 0. The molecule has 6 heteroatoms. The minimum Gasteiger partial charge on any atom is -0.478 e. The van der Waals surface area contributed by atoms with Crippen LogP contribution in [0.3, 0.4) is 0 Å². The molecule has 0 amide bonds. The van der Waals surface area contributed by atoms with E-state index in [-0.39, 0.29) is 5.56 Å². The third kappa shape index (κ3) is 2.41. The van der Waals surface area contributed by atoms with Gasteiger partial charge in [0.05, 0.1) is 15.8 Å². The van der Waals surface area contributed by atoms with E-state index >= 15 is 0 Å². The second kappa shape index (κ2) is 4.82. The number of benzene rings is 2. The first-order chi connectivity index (χ1) is 9.61. The van der Waals surface area contributed by atoms with Crippen LogP contribution in [-0.2, 0) is 0 Å². The molecule has 0 fully saturated rings. The Morgan fingerprint density at radius 2 is 2.10 bits per heavy atom. The fourth-order valence-electron chi connectivity index (χ4n) is 1.85. The van der Waals surface area contributed by atoms with Crippen LogP contribution in [0.25, 0.3) is 10.2 Å². The van der Waals surface area contributed by atoms with E-state index in [4.69, 9.17) is 10.8 Å². The maximum atomic E-state index is 10.9. The standard InChI is InChI=1S/C14H11N3O2S/c15-9-4-5-11-12(7-9)20-14(17-11)16-10-3-1-2-8(6-10)13(18)19/h1-7H,15H2,(H,16,17)(H,18,19). The van der Waals surface area contributed by atoms with Gasteiger partial charge in [0.1, 0.15) is 0 Å². The summed E-state index contributed by atoms with van der Waals surface area (Å²) in [7, 11) is 0. The highest BCUT2D eigenvalue weighted by atomic mass is 32.1. The lowest BCUT2D eigenvalue weighted by Gasteiger charge is -2.02. The Hall–Kier alpha value is -2.60. The number of carboxylic acids is 1. The third-order valence-electron chi connectivity index (χ3n) is 2.77. The summed E-state index contributed by atoms with van der Waals surface area (Å²) in [5.41, 5.74) is 8.22. The van der Waals surface area contributed by atoms with Crippen LogP contribution >= 0.6 is 11.3 Å². The van der Waals surface area contributed by atoms with E-state index in [0.717, 1.165) is 10.2 Å². The zero-order chi connectivity index (χ0) is 14.1. The van der Waals surface area contributed by atoms with E-state index in [0.29, 0.717) is 16.5 Å². The van der Waals surface area contributed by atoms with Crippen molar-refractivity contribution in [1.82, 2.24) is 4.98 Å². The Morgan fingerprint density at radius 3 is 2.90 bits per heavy atom. The number of anilines is 3. The predicted molar refractivity (Wildman–Crippen MR) is 80.7 cm³/mol. The number of carbonyl (C=O) groups is 1. The van der Waals surface area contributed by atoms with Gasteiger partial charge < -0.3 is 16.2 Å². The highest BCUT2D eigenvalue weighted by Gasteiger charge is 2.06. The lowest BCUT2D eigenvalue weighted by molar-refractivity contribution is 0.0697. The molecule has 0 spiro atoms. The largest absolute Gasteiger partial charge is 0.478 e. The summed E-state index contributed by atoms with van der Waals surface area (Å²) >= 11 is 1.47. The average Bonchev–Trinajstić information content (AvgIpc) is 2.80. The number of hydrogen-bond donors (Lipinski definition) is 3. The van der Waals surface area contributed by atoms with Gasteiger partial charge in [0.25, 0.3) is 0 Å². The molecule has 20 heavy (non-hydrogen) atoms. The number of nitrogens with one attached hydrogen (secondary N) is 1. The van der Waals surface area contributed by atoms with Crippen molar-refractivity contribution in [2.24, 2.45) is 0 Å². The number of thiazole rings is 1. The molecule has 0 radical (unpaired) electrons. The molecule has 100 valence electrons. The van der Waals surface area contributed by atoms with Crippen molar-refractivity contribution in [1.29, 1.82) is 0 Å². The van der Waals surface area contributed by atoms with Gasteiger partial charge in [0.2, 0.25) is 0 Å². The summed E-state index contributed by atoms with van der Waals surface area (Å²) in [5, 5.41) is 12.8. The molecule has 0 saturated heterocycles. The molecular weight excluding hydrogens is 274 g/mol. The van der Waals surface area contributed by atoms with E-state index in [1.807, 2.05) is 12.1 Å². The second-order valence-corrected chi connectivity index (χ2v) is 5.29. The molecule has 0 atom stereocenters. The number of carboxylic acid groups (broad SMARTS) is 1. The van der Waals surface area contributed by atoms with Gasteiger partial charge in [0.15, 0.2) is 5.13 Å². The highest BCUT2D eigenvalue weighted by molar-refractivity contribution is 7.22. The summed E-state index contributed by atoms with van der Waals surface area (Å²) in [6.07, 6.45) is 0. The van der Waals surface area contributed by atoms with E-state index in [1.165, 1.54) is 11.3 Å². The van der Waals surface area contributed by atoms with Crippen LogP contribution in [0.1, 0.15) is 10.4 Å². The number of nitrogens with two attached hydrogens (primary N) is 1. The average molecular weight is 285 g/mol. The molecule has 2 aromatic carbocycles. The fourth-order valence-corrected chi connectivity index (χ4v) is 2.78. The van der Waals surface area contributed by atoms with Crippen LogP contribution < -0.4 is 11.1 Å². The Balaban J connectivity index is 1.92. The number of nitrogens with zero attached hydrogens (tertiary/aromatic N) is 1. The molecule has 0 unspecified atom stereocenters. The smallest absolute Gasteiger partial charge is 0.335 e. The van der Waals surface area contributed by atoms with Gasteiger partial charge in [-0.05, 0) is 36.4 Å². The SMILES string of the molecule is Nc1ccc2nc(Nc3cccc(C(=O)O)c3)sc2c1. The van der Waals surface area contributed by atoms with Crippen LogP contribution in [0.2, 0.25) is 0 Å². The van der Waals surface area contributed by atoms with Gasteiger partial charge in [-0.3, -0.25) is 0 Å². The zero-order valence-corrected chi connectivity index (χ0v) is 11.1. The predicted octanol–water partition coefficient (Wildman–Crippen LogP) is 3.32. The molecule has 0 aliphatic heterocycles. The molecule has 0 saturated carbocycles. The molecule has 1 heterocycles. The van der Waals surface area contributed by atoms with Crippen molar-refractivity contribution in [3.05, 3.63) is 48.0 Å². The second-order valence-electron chi connectivity index (χ2n) is 4.26. The van der Waals surface area contributed by atoms with Crippen molar-refractivity contribution < 1.29 is 9.90 Å². The summed E-state index contributed by atoms with van der Waals surface area (Å²) < 4.78 is 0.988. The molecule has 3 rings (SSSR count). The molecule has 1 aromatic heterocycles. The van der Waals surface area contributed by atoms with Crippen molar-refractivity contribution in [2.45, 2.75) is 0 Å². The minimum atomic E-state index is -0.953. The quantitative estimate of drug-likeness (QED) is 0.642. The molecule has 0 bridgehead atoms. The Kier molecular flexibility index (Phi) is 3.00. The monoisotopic (exact) mass is 285 g/mol. The molecule has 5 nitrogen and oxygen atoms in total. The van der Waals surface area contributed by atoms with Crippen LogP contribution in [0, 0.1) is 0 Å². The van der Waals surface area contributed by atoms with Crippen LogP contribution in [0.4, 0.5) is 16.5 Å². The van der Waals surface area contributed by atoms with Crippen molar-refractivity contribution in [2.75, 3.05) is 11.1 Å². The Morgan fingerprint density at radius 1 is 1.25 bits per heavy atom. The summed E-state index contributed by atoms with van der Waals surface area (Å²) in [6, 6.07) is 12.1. The summed E-state index contributed by atoms with van der Waals surface area (Å²) in [6.45, 7) is 0. The van der Waals surface area contributed by atoms with Crippen LogP contribution in [0.5, 0.6) is 0 Å². The number of rotatable bonds is 3. The van der Waals surface area contributed by atoms with Gasteiger partial charge >= 0.3 is 5.97 Å². The lowest BCUT2D eigenvalue weighted by atomic mass is 10.2. The molecule has 0 aliphatic rings. The molecular formula is C14H11N3O2S. The van der Waals surface area contributed by atoms with Gasteiger partial charge in [-0.15, -0.1) is 0 Å². The summed E-state index contributed by atoms with van der Waals surface area (Å²) in [5.74, 6) is -0.953. The zero-order valence-electron chi connectivity index (χ0n) is 10.3. The first-order valence-electron chi connectivity index (χ1n) is 5.88. The van der Waals surface area contributed by atoms with Crippen molar-refractivity contribution >= 4 is 44.0 Å². The molecule has 3 aromatic rings. The molecule has 0 aliphatic carbocycles. The van der Waals surface area contributed by atoms with Gasteiger partial charge in [0, 0.05) is 11.4 Å². The number of fused-ring (bicyclic) bond motifs is 1. The van der Waals surface area contributed by atoms with Crippen molar-refractivity contribution in [3.8, 4) is 0 Å². The lowest BCUT2D eigenvalue weighted by Crippen LogP contribution is -1.97. The maximum absolute atomic E-state index is 10.9. The van der Waals surface area contributed by atoms with E-state index in [9.17, 15) is 4.79 Å². The third-order valence-corrected chi connectivity index (χ3v) is 3.71. The topological polar surface area (TPSA) is 88.2 Å². The van der Waals surface area contributed by atoms with E-state index in [1.54, 1.807) is 30.3 Å². The van der Waals surface area contributed by atoms with E-state index in [2.05, 4.69) is 10.3 Å². The highest BCUT2D eigenvalue weighted by Crippen LogP contribution is 2.29. The molecule has 4 N–H and O–H groups in total. The Labute approximate surface area is 118 Å². The minimum absolute atomic E-state index is 0.236. The van der Waals surface area contributed by atoms with Gasteiger partial charge in [-0.2, -0.15) is 0 Å². The first-order valence-corrected chi connectivity index (χ1v) is 6.70. The number of nitrogen functional groups attached to an aromatic ring is 1.